The van der Waals surface area contributed by atoms with Gasteiger partial charge in [-0.15, -0.1) is 0 Å². The summed E-state index contributed by atoms with van der Waals surface area (Å²) in [5, 5.41) is 4.20. The van der Waals surface area contributed by atoms with Crippen molar-refractivity contribution in [2.45, 2.75) is 6.92 Å². The number of oxazole rings is 1. The number of halogens is 4. The Balaban J connectivity index is 1.73. The van der Waals surface area contributed by atoms with Crippen LogP contribution in [0.5, 0.6) is 0 Å². The Kier molecular flexibility index (Phi) is 5.58. The van der Waals surface area contributed by atoms with Crippen LogP contribution < -0.4 is 5.32 Å². The Morgan fingerprint density at radius 1 is 1.03 bits per heavy atom. The van der Waals surface area contributed by atoms with Gasteiger partial charge >= 0.3 is 0 Å². The van der Waals surface area contributed by atoms with Crippen LogP contribution in [0.1, 0.15) is 15.9 Å². The molecular formula is C21H12BrCl3N2O2. The smallest absolute Gasteiger partial charge is 0.257 e. The number of rotatable bonds is 3. The molecule has 1 aromatic heterocycles. The van der Waals surface area contributed by atoms with Gasteiger partial charge in [0.1, 0.15) is 5.52 Å². The predicted molar refractivity (Wildman–Crippen MR) is 121 cm³/mol. The van der Waals surface area contributed by atoms with Gasteiger partial charge in [-0.3, -0.25) is 4.79 Å². The first kappa shape index (κ1) is 20.2. The molecule has 4 nitrogen and oxygen atoms in total. The van der Waals surface area contributed by atoms with Crippen molar-refractivity contribution in [1.29, 1.82) is 0 Å². The van der Waals surface area contributed by atoms with Gasteiger partial charge in [0.25, 0.3) is 5.91 Å². The third-order valence-corrected chi connectivity index (χ3v) is 5.62. The van der Waals surface area contributed by atoms with Crippen LogP contribution in [0.25, 0.3) is 22.6 Å². The van der Waals surface area contributed by atoms with E-state index in [-0.39, 0.29) is 10.9 Å². The van der Waals surface area contributed by atoms with Crippen LogP contribution in [-0.4, -0.2) is 10.9 Å². The molecule has 146 valence electrons. The van der Waals surface area contributed by atoms with E-state index in [2.05, 4.69) is 26.2 Å². The number of carbonyl (C=O) groups excluding carboxylic acids is 1. The highest BCUT2D eigenvalue weighted by molar-refractivity contribution is 9.10. The topological polar surface area (TPSA) is 55.1 Å². The third-order valence-electron chi connectivity index (χ3n) is 4.38. The van der Waals surface area contributed by atoms with Crippen LogP contribution in [0, 0.1) is 6.92 Å². The maximum Gasteiger partial charge on any atom is 0.257 e. The first-order chi connectivity index (χ1) is 13.8. The van der Waals surface area contributed by atoms with E-state index in [9.17, 15) is 4.79 Å². The van der Waals surface area contributed by atoms with Crippen molar-refractivity contribution in [1.82, 2.24) is 4.98 Å². The number of nitrogens with one attached hydrogen (secondary N) is 1. The number of amides is 1. The van der Waals surface area contributed by atoms with Gasteiger partial charge in [-0.2, -0.15) is 0 Å². The minimum atomic E-state index is -0.344. The first-order valence-corrected chi connectivity index (χ1v) is 10.4. The molecule has 4 rings (SSSR count). The fourth-order valence-electron chi connectivity index (χ4n) is 2.91. The summed E-state index contributed by atoms with van der Waals surface area (Å²) in [4.78, 5) is 17.3. The second kappa shape index (κ2) is 8.00. The average Bonchev–Trinajstić information content (AvgIpc) is 3.07. The van der Waals surface area contributed by atoms with Crippen LogP contribution in [0.2, 0.25) is 15.1 Å². The summed E-state index contributed by atoms with van der Waals surface area (Å²) in [6.07, 6.45) is 0. The standard InChI is InChI=1S/C21H12BrCl3N2O2/c1-10-15(21-27-17-5-3-13(24)9-19(17)29-21)6-11(22)7-18(10)26-20(28)14-4-2-12(23)8-16(14)25/h2-9H,1H3,(H,26,28). The van der Waals surface area contributed by atoms with Gasteiger partial charge in [0.05, 0.1) is 10.6 Å². The van der Waals surface area contributed by atoms with Crippen molar-refractivity contribution in [2.75, 3.05) is 5.32 Å². The number of hydrogen-bond donors (Lipinski definition) is 1. The van der Waals surface area contributed by atoms with Crippen molar-refractivity contribution in [3.8, 4) is 11.5 Å². The molecule has 0 atom stereocenters. The predicted octanol–water partition coefficient (Wildman–Crippen LogP) is 7.78. The zero-order valence-electron chi connectivity index (χ0n) is 14.9. The van der Waals surface area contributed by atoms with Crippen molar-refractivity contribution in [3.05, 3.63) is 79.2 Å². The maximum absolute atomic E-state index is 12.7. The zero-order valence-corrected chi connectivity index (χ0v) is 18.7. The molecule has 1 heterocycles. The van der Waals surface area contributed by atoms with Crippen LogP contribution in [0.15, 0.2) is 57.4 Å². The lowest BCUT2D eigenvalue weighted by Gasteiger charge is -2.13. The SMILES string of the molecule is Cc1c(NC(=O)c2ccc(Cl)cc2Cl)cc(Br)cc1-c1nc2ccc(Cl)cc2o1. The molecule has 0 saturated heterocycles. The molecule has 0 fully saturated rings. The summed E-state index contributed by atoms with van der Waals surface area (Å²) in [6, 6.07) is 13.7. The lowest BCUT2D eigenvalue weighted by molar-refractivity contribution is 0.102. The molecule has 8 heteroatoms. The van der Waals surface area contributed by atoms with Crippen molar-refractivity contribution in [3.63, 3.8) is 0 Å². The van der Waals surface area contributed by atoms with E-state index in [0.717, 1.165) is 15.6 Å². The van der Waals surface area contributed by atoms with Crippen LogP contribution in [0.4, 0.5) is 5.69 Å². The third kappa shape index (κ3) is 4.14. The number of nitrogens with zero attached hydrogens (tertiary/aromatic N) is 1. The Morgan fingerprint density at radius 3 is 2.52 bits per heavy atom. The molecule has 3 aromatic carbocycles. The highest BCUT2D eigenvalue weighted by Gasteiger charge is 2.17. The molecule has 0 saturated carbocycles. The summed E-state index contributed by atoms with van der Waals surface area (Å²) < 4.78 is 6.64. The number of anilines is 1. The Labute approximate surface area is 189 Å². The number of fused-ring (bicyclic) bond motifs is 1. The van der Waals surface area contributed by atoms with E-state index in [4.69, 9.17) is 39.2 Å². The van der Waals surface area contributed by atoms with E-state index in [1.165, 1.54) is 6.07 Å². The molecule has 4 aromatic rings. The van der Waals surface area contributed by atoms with Gasteiger partial charge in [0.2, 0.25) is 5.89 Å². The molecule has 0 aliphatic rings. The molecule has 0 unspecified atom stereocenters. The summed E-state index contributed by atoms with van der Waals surface area (Å²) in [5.74, 6) is 0.0873. The Hall–Kier alpha value is -2.05. The molecule has 0 spiro atoms. The van der Waals surface area contributed by atoms with E-state index in [1.54, 1.807) is 36.4 Å². The summed E-state index contributed by atoms with van der Waals surface area (Å²) in [5.41, 5.74) is 3.75. The second-order valence-electron chi connectivity index (χ2n) is 6.34. The molecule has 0 radical (unpaired) electrons. The summed E-state index contributed by atoms with van der Waals surface area (Å²) in [7, 11) is 0. The first-order valence-electron chi connectivity index (χ1n) is 8.45. The van der Waals surface area contributed by atoms with E-state index in [0.29, 0.717) is 38.3 Å². The van der Waals surface area contributed by atoms with Gasteiger partial charge in [-0.05, 0) is 55.0 Å². The van der Waals surface area contributed by atoms with Gasteiger partial charge in [0, 0.05) is 31.8 Å². The van der Waals surface area contributed by atoms with Gasteiger partial charge in [-0.1, -0.05) is 50.7 Å². The minimum absolute atomic E-state index is 0.277. The molecule has 1 N–H and O–H groups in total. The average molecular weight is 511 g/mol. The number of carbonyl (C=O) groups is 1. The summed E-state index contributed by atoms with van der Waals surface area (Å²) in [6.45, 7) is 1.88. The van der Waals surface area contributed by atoms with Gasteiger partial charge < -0.3 is 9.73 Å². The molecule has 0 bridgehead atoms. The van der Waals surface area contributed by atoms with Crippen LogP contribution in [-0.2, 0) is 0 Å². The highest BCUT2D eigenvalue weighted by Crippen LogP contribution is 2.35. The minimum Gasteiger partial charge on any atom is -0.436 e. The van der Waals surface area contributed by atoms with Crippen LogP contribution in [0.3, 0.4) is 0 Å². The largest absolute Gasteiger partial charge is 0.436 e. The normalized spacial score (nSPS) is 11.1. The van der Waals surface area contributed by atoms with E-state index >= 15 is 0 Å². The molecule has 1 amide bonds. The molecule has 29 heavy (non-hydrogen) atoms. The second-order valence-corrected chi connectivity index (χ2v) is 8.53. The van der Waals surface area contributed by atoms with Crippen molar-refractivity contribution in [2.24, 2.45) is 0 Å². The molecule has 0 aliphatic heterocycles. The molecule has 0 aliphatic carbocycles. The van der Waals surface area contributed by atoms with Crippen molar-refractivity contribution < 1.29 is 9.21 Å². The monoisotopic (exact) mass is 508 g/mol. The quantitative estimate of drug-likeness (QED) is 0.306. The number of benzene rings is 3. The van der Waals surface area contributed by atoms with Crippen molar-refractivity contribution >= 4 is 73.4 Å². The zero-order chi connectivity index (χ0) is 20.7. The Bertz CT molecular complexity index is 1270. The number of aromatic nitrogens is 1. The Morgan fingerprint density at radius 2 is 1.76 bits per heavy atom. The van der Waals surface area contributed by atoms with Gasteiger partial charge in [0.15, 0.2) is 5.58 Å². The van der Waals surface area contributed by atoms with E-state index < -0.39 is 0 Å². The van der Waals surface area contributed by atoms with Gasteiger partial charge in [-0.25, -0.2) is 4.98 Å². The lowest BCUT2D eigenvalue weighted by Crippen LogP contribution is -2.13. The fraction of sp³-hybridized carbons (Fsp3) is 0.0476. The maximum atomic E-state index is 12.7. The lowest BCUT2D eigenvalue weighted by atomic mass is 10.1. The number of hydrogen-bond acceptors (Lipinski definition) is 3. The molecular weight excluding hydrogens is 499 g/mol. The van der Waals surface area contributed by atoms with Crippen LogP contribution >= 0.6 is 50.7 Å². The fourth-order valence-corrected chi connectivity index (χ4v) is 4.02. The highest BCUT2D eigenvalue weighted by atomic mass is 79.9. The van der Waals surface area contributed by atoms with E-state index in [1.807, 2.05) is 13.0 Å². The summed E-state index contributed by atoms with van der Waals surface area (Å²) >= 11 is 21.6.